The van der Waals surface area contributed by atoms with E-state index in [1.807, 2.05) is 0 Å². The highest BCUT2D eigenvalue weighted by atomic mass is 19.4. The first-order chi connectivity index (χ1) is 8.32. The third kappa shape index (κ3) is 2.01. The van der Waals surface area contributed by atoms with Gasteiger partial charge in [-0.2, -0.15) is 18.3 Å². The number of aryl methyl sites for hydroxylation is 1. The van der Waals surface area contributed by atoms with Gasteiger partial charge in [0.25, 0.3) is 0 Å². The van der Waals surface area contributed by atoms with Gasteiger partial charge in [0, 0.05) is 11.8 Å². The van der Waals surface area contributed by atoms with Crippen LogP contribution >= 0.6 is 0 Å². The van der Waals surface area contributed by atoms with Gasteiger partial charge in [0.1, 0.15) is 0 Å². The third-order valence-electron chi connectivity index (χ3n) is 2.29. The molecule has 18 heavy (non-hydrogen) atoms. The summed E-state index contributed by atoms with van der Waals surface area (Å²) < 4.78 is 42.9. The second-order valence-electron chi connectivity index (χ2n) is 3.57. The van der Waals surface area contributed by atoms with E-state index in [-0.39, 0.29) is 11.3 Å². The average molecular weight is 259 g/mol. The summed E-state index contributed by atoms with van der Waals surface area (Å²) in [5.74, 6) is -0.713. The van der Waals surface area contributed by atoms with E-state index in [0.29, 0.717) is 5.69 Å². The maximum Gasteiger partial charge on any atom is 0.435 e. The maximum atomic E-state index is 12.5. The van der Waals surface area contributed by atoms with Gasteiger partial charge in [-0.3, -0.25) is 0 Å². The summed E-state index contributed by atoms with van der Waals surface area (Å²) >= 11 is 0. The van der Waals surface area contributed by atoms with Crippen LogP contribution in [0.3, 0.4) is 0 Å². The summed E-state index contributed by atoms with van der Waals surface area (Å²) in [4.78, 5) is 15.0. The zero-order valence-corrected chi connectivity index (χ0v) is 9.45. The Labute approximate surface area is 99.2 Å². The summed E-state index contributed by atoms with van der Waals surface area (Å²) in [6.45, 7) is 1.52. The molecule has 0 aliphatic rings. The largest absolute Gasteiger partial charge is 0.464 e. The van der Waals surface area contributed by atoms with Crippen molar-refractivity contribution in [2.75, 3.05) is 7.11 Å². The SMILES string of the molecule is COC(=O)c1cc(C)n2nc(C(F)(F)F)cc2n1. The predicted molar refractivity (Wildman–Crippen MR) is 54.1 cm³/mol. The van der Waals surface area contributed by atoms with E-state index in [0.717, 1.165) is 10.6 Å². The predicted octanol–water partition coefficient (Wildman–Crippen LogP) is 1.84. The molecule has 0 atom stereocenters. The van der Waals surface area contributed by atoms with Crippen molar-refractivity contribution in [3.8, 4) is 0 Å². The van der Waals surface area contributed by atoms with Gasteiger partial charge in [-0.1, -0.05) is 0 Å². The Kier molecular flexibility index (Phi) is 2.72. The molecule has 2 rings (SSSR count). The second-order valence-corrected chi connectivity index (χ2v) is 3.57. The van der Waals surface area contributed by atoms with E-state index in [1.165, 1.54) is 20.1 Å². The fourth-order valence-electron chi connectivity index (χ4n) is 1.47. The average Bonchev–Trinajstić information content (AvgIpc) is 2.72. The number of ether oxygens (including phenoxy) is 1. The van der Waals surface area contributed by atoms with Crippen molar-refractivity contribution in [2.24, 2.45) is 0 Å². The van der Waals surface area contributed by atoms with Crippen LogP contribution < -0.4 is 0 Å². The molecule has 0 aromatic carbocycles. The van der Waals surface area contributed by atoms with E-state index < -0.39 is 17.8 Å². The van der Waals surface area contributed by atoms with Crippen LogP contribution in [0.4, 0.5) is 13.2 Å². The molecule has 0 aliphatic heterocycles. The van der Waals surface area contributed by atoms with Crippen molar-refractivity contribution >= 4 is 11.6 Å². The molecule has 5 nitrogen and oxygen atoms in total. The number of carbonyl (C=O) groups is 1. The smallest absolute Gasteiger partial charge is 0.435 e. The lowest BCUT2D eigenvalue weighted by Gasteiger charge is -2.02. The van der Waals surface area contributed by atoms with Gasteiger partial charge in [0.05, 0.1) is 7.11 Å². The van der Waals surface area contributed by atoms with Crippen molar-refractivity contribution < 1.29 is 22.7 Å². The van der Waals surface area contributed by atoms with Crippen molar-refractivity contribution in [3.05, 3.63) is 29.2 Å². The van der Waals surface area contributed by atoms with Gasteiger partial charge in [0.15, 0.2) is 17.0 Å². The first-order valence-electron chi connectivity index (χ1n) is 4.86. The number of alkyl halides is 3. The molecule has 0 fully saturated rings. The van der Waals surface area contributed by atoms with Crippen LogP contribution in [0, 0.1) is 6.92 Å². The fourth-order valence-corrected chi connectivity index (χ4v) is 1.47. The van der Waals surface area contributed by atoms with Gasteiger partial charge in [-0.15, -0.1) is 0 Å². The van der Waals surface area contributed by atoms with Crippen LogP contribution in [0.5, 0.6) is 0 Å². The Bertz CT molecular complexity index is 619. The molecule has 0 N–H and O–H groups in total. The third-order valence-corrected chi connectivity index (χ3v) is 2.29. The number of esters is 1. The minimum Gasteiger partial charge on any atom is -0.464 e. The lowest BCUT2D eigenvalue weighted by atomic mass is 10.3. The first-order valence-corrected chi connectivity index (χ1v) is 4.86. The Morgan fingerprint density at radius 3 is 2.61 bits per heavy atom. The van der Waals surface area contributed by atoms with E-state index in [2.05, 4.69) is 14.8 Å². The van der Waals surface area contributed by atoms with Gasteiger partial charge >= 0.3 is 12.1 Å². The summed E-state index contributed by atoms with van der Waals surface area (Å²) in [7, 11) is 1.17. The second kappa shape index (κ2) is 3.97. The molecule has 0 unspecified atom stereocenters. The molecule has 2 aromatic heterocycles. The van der Waals surface area contributed by atoms with Gasteiger partial charge in [-0.05, 0) is 13.0 Å². The lowest BCUT2D eigenvalue weighted by molar-refractivity contribution is -0.141. The molecule has 0 saturated carbocycles. The Morgan fingerprint density at radius 1 is 1.39 bits per heavy atom. The minimum absolute atomic E-state index is 0.0530. The van der Waals surface area contributed by atoms with Gasteiger partial charge in [0.2, 0.25) is 0 Å². The zero-order chi connectivity index (χ0) is 13.5. The fraction of sp³-hybridized carbons (Fsp3) is 0.300. The number of carbonyl (C=O) groups excluding carboxylic acids is 1. The topological polar surface area (TPSA) is 56.5 Å². The molecule has 2 aromatic rings. The summed E-state index contributed by atoms with van der Waals surface area (Å²) in [5, 5.41) is 3.39. The number of rotatable bonds is 1. The highest BCUT2D eigenvalue weighted by Crippen LogP contribution is 2.28. The van der Waals surface area contributed by atoms with Crippen molar-refractivity contribution in [1.82, 2.24) is 14.6 Å². The highest BCUT2D eigenvalue weighted by molar-refractivity contribution is 5.87. The zero-order valence-electron chi connectivity index (χ0n) is 9.45. The summed E-state index contributed by atoms with van der Waals surface area (Å²) in [6.07, 6.45) is -4.55. The Morgan fingerprint density at radius 2 is 2.06 bits per heavy atom. The van der Waals surface area contributed by atoms with E-state index >= 15 is 0 Å². The first kappa shape index (κ1) is 12.3. The number of hydrogen-bond acceptors (Lipinski definition) is 4. The van der Waals surface area contributed by atoms with Crippen LogP contribution in [0.15, 0.2) is 12.1 Å². The summed E-state index contributed by atoms with van der Waals surface area (Å²) in [6, 6.07) is 2.09. The van der Waals surface area contributed by atoms with Crippen LogP contribution in [-0.2, 0) is 10.9 Å². The van der Waals surface area contributed by atoms with Crippen molar-refractivity contribution in [2.45, 2.75) is 13.1 Å². The monoisotopic (exact) mass is 259 g/mol. The number of hydrogen-bond donors (Lipinski definition) is 0. The molecule has 0 saturated heterocycles. The van der Waals surface area contributed by atoms with E-state index in [9.17, 15) is 18.0 Å². The molecule has 8 heteroatoms. The highest BCUT2D eigenvalue weighted by Gasteiger charge is 2.34. The number of aromatic nitrogens is 3. The Hall–Kier alpha value is -2.12. The van der Waals surface area contributed by atoms with Crippen molar-refractivity contribution in [1.29, 1.82) is 0 Å². The Balaban J connectivity index is 2.63. The standard InChI is InChI=1S/C10H8F3N3O2/c1-5-3-6(9(17)18-2)14-8-4-7(10(11,12)13)15-16(5)8/h3-4H,1-2H3. The van der Waals surface area contributed by atoms with Crippen LogP contribution in [-0.4, -0.2) is 27.7 Å². The van der Waals surface area contributed by atoms with Crippen LogP contribution in [0.2, 0.25) is 0 Å². The normalized spacial score (nSPS) is 11.8. The minimum atomic E-state index is -4.55. The molecule has 2 heterocycles. The molecular formula is C10H8F3N3O2. The number of methoxy groups -OCH3 is 1. The van der Waals surface area contributed by atoms with Crippen molar-refractivity contribution in [3.63, 3.8) is 0 Å². The van der Waals surface area contributed by atoms with Crippen LogP contribution in [0.25, 0.3) is 5.65 Å². The van der Waals surface area contributed by atoms with Gasteiger partial charge in [-0.25, -0.2) is 14.3 Å². The van der Waals surface area contributed by atoms with E-state index in [4.69, 9.17) is 0 Å². The van der Waals surface area contributed by atoms with Gasteiger partial charge < -0.3 is 4.74 Å². The molecule has 0 radical (unpaired) electrons. The maximum absolute atomic E-state index is 12.5. The lowest BCUT2D eigenvalue weighted by Crippen LogP contribution is -2.08. The molecule has 0 spiro atoms. The number of fused-ring (bicyclic) bond motifs is 1. The number of nitrogens with zero attached hydrogens (tertiary/aromatic N) is 3. The molecule has 0 amide bonds. The molecule has 0 aliphatic carbocycles. The summed E-state index contributed by atoms with van der Waals surface area (Å²) in [5.41, 5.74) is -0.810. The molecule has 0 bridgehead atoms. The number of halogens is 3. The molecular weight excluding hydrogens is 251 g/mol. The van der Waals surface area contributed by atoms with Crippen LogP contribution in [0.1, 0.15) is 21.9 Å². The molecule has 96 valence electrons. The van der Waals surface area contributed by atoms with E-state index in [1.54, 1.807) is 0 Å². The quantitative estimate of drug-likeness (QED) is 0.733.